The second kappa shape index (κ2) is 2.64. The molecular formula is C5H9FN2O2. The molecule has 0 saturated heterocycles. The van der Waals surface area contributed by atoms with Crippen molar-refractivity contribution in [3.8, 4) is 0 Å². The van der Waals surface area contributed by atoms with Crippen LogP contribution >= 0.6 is 0 Å². The molecule has 0 aliphatic carbocycles. The van der Waals surface area contributed by atoms with Gasteiger partial charge in [0, 0.05) is 0 Å². The van der Waals surface area contributed by atoms with E-state index in [9.17, 15) is 14.0 Å². The Morgan fingerprint density at radius 2 is 1.70 bits per heavy atom. The number of primary amides is 2. The molecule has 0 aromatic heterocycles. The largest absolute Gasteiger partial charge is 0.366 e. The lowest BCUT2D eigenvalue weighted by Gasteiger charge is -2.14. The molecule has 2 amide bonds. The standard InChI is InChI=1S/C5H9FN2O2/c1-2-5(6,3(7)9)4(8)10/h2H2,1H3,(H2,7,9)(H2,8,10). The molecular weight excluding hydrogens is 139 g/mol. The predicted molar refractivity (Wildman–Crippen MR) is 32.5 cm³/mol. The van der Waals surface area contributed by atoms with Gasteiger partial charge in [0.15, 0.2) is 0 Å². The first kappa shape index (κ1) is 8.87. The van der Waals surface area contributed by atoms with Crippen molar-refractivity contribution in [3.05, 3.63) is 0 Å². The van der Waals surface area contributed by atoms with Crippen LogP contribution in [-0.4, -0.2) is 17.5 Å². The van der Waals surface area contributed by atoms with Crippen LogP contribution in [0.3, 0.4) is 0 Å². The van der Waals surface area contributed by atoms with Gasteiger partial charge in [-0.25, -0.2) is 4.39 Å². The molecule has 58 valence electrons. The maximum Gasteiger partial charge on any atom is 0.264 e. The van der Waals surface area contributed by atoms with Gasteiger partial charge in [-0.15, -0.1) is 0 Å². The van der Waals surface area contributed by atoms with E-state index in [2.05, 4.69) is 11.5 Å². The van der Waals surface area contributed by atoms with Crippen molar-refractivity contribution >= 4 is 11.8 Å². The van der Waals surface area contributed by atoms with Gasteiger partial charge in [0.05, 0.1) is 0 Å². The summed E-state index contributed by atoms with van der Waals surface area (Å²) in [6.45, 7) is 1.32. The first-order valence-electron chi connectivity index (χ1n) is 2.74. The van der Waals surface area contributed by atoms with Crippen LogP contribution in [0, 0.1) is 0 Å². The monoisotopic (exact) mass is 148 g/mol. The van der Waals surface area contributed by atoms with Crippen LogP contribution in [-0.2, 0) is 9.59 Å². The summed E-state index contributed by atoms with van der Waals surface area (Å²) in [4.78, 5) is 20.5. The average molecular weight is 148 g/mol. The summed E-state index contributed by atoms with van der Waals surface area (Å²) >= 11 is 0. The lowest BCUT2D eigenvalue weighted by atomic mass is 10.0. The summed E-state index contributed by atoms with van der Waals surface area (Å²) in [6, 6.07) is 0. The third-order valence-electron chi connectivity index (χ3n) is 1.27. The average Bonchev–Trinajstić information content (AvgIpc) is 1.85. The number of carbonyl (C=O) groups is 2. The van der Waals surface area contributed by atoms with Crippen LogP contribution in [0.5, 0.6) is 0 Å². The van der Waals surface area contributed by atoms with Gasteiger partial charge in [0.2, 0.25) is 0 Å². The Kier molecular flexibility index (Phi) is 2.34. The van der Waals surface area contributed by atoms with Crippen molar-refractivity contribution in [2.24, 2.45) is 11.5 Å². The molecule has 0 aliphatic heterocycles. The Morgan fingerprint density at radius 1 is 1.40 bits per heavy atom. The summed E-state index contributed by atoms with van der Waals surface area (Å²) in [5.41, 5.74) is 6.45. The molecule has 0 bridgehead atoms. The third kappa shape index (κ3) is 1.23. The Hall–Kier alpha value is -1.13. The number of hydrogen-bond donors (Lipinski definition) is 2. The van der Waals surface area contributed by atoms with Crippen LogP contribution < -0.4 is 11.5 Å². The van der Waals surface area contributed by atoms with Gasteiger partial charge in [-0.2, -0.15) is 0 Å². The molecule has 0 aromatic carbocycles. The van der Waals surface area contributed by atoms with Crippen molar-refractivity contribution in [1.82, 2.24) is 0 Å². The summed E-state index contributed by atoms with van der Waals surface area (Å²) < 4.78 is 12.8. The normalized spacial score (nSPS) is 11.0. The van der Waals surface area contributed by atoms with Crippen molar-refractivity contribution in [2.75, 3.05) is 0 Å². The second-order valence-corrected chi connectivity index (χ2v) is 1.88. The van der Waals surface area contributed by atoms with Gasteiger partial charge in [0.1, 0.15) is 0 Å². The first-order valence-corrected chi connectivity index (χ1v) is 2.74. The van der Waals surface area contributed by atoms with Crippen molar-refractivity contribution in [1.29, 1.82) is 0 Å². The number of hydrogen-bond acceptors (Lipinski definition) is 2. The van der Waals surface area contributed by atoms with Crippen LogP contribution in [0.2, 0.25) is 0 Å². The van der Waals surface area contributed by atoms with Crippen molar-refractivity contribution in [2.45, 2.75) is 19.0 Å². The number of alkyl halides is 1. The Balaban J connectivity index is 4.55. The molecule has 0 aliphatic rings. The summed E-state index contributed by atoms with van der Waals surface area (Å²) in [5, 5.41) is 0. The molecule has 0 unspecified atom stereocenters. The zero-order valence-corrected chi connectivity index (χ0v) is 5.56. The molecule has 0 fully saturated rings. The van der Waals surface area contributed by atoms with Gasteiger partial charge >= 0.3 is 0 Å². The van der Waals surface area contributed by atoms with Crippen LogP contribution in [0.1, 0.15) is 13.3 Å². The third-order valence-corrected chi connectivity index (χ3v) is 1.27. The van der Waals surface area contributed by atoms with E-state index in [0.29, 0.717) is 0 Å². The van der Waals surface area contributed by atoms with E-state index in [4.69, 9.17) is 0 Å². The van der Waals surface area contributed by atoms with Gasteiger partial charge < -0.3 is 11.5 Å². The molecule has 0 atom stereocenters. The van der Waals surface area contributed by atoms with Crippen molar-refractivity contribution in [3.63, 3.8) is 0 Å². The fraction of sp³-hybridized carbons (Fsp3) is 0.600. The van der Waals surface area contributed by atoms with Gasteiger partial charge in [-0.3, -0.25) is 9.59 Å². The minimum Gasteiger partial charge on any atom is -0.366 e. The van der Waals surface area contributed by atoms with Gasteiger partial charge in [-0.05, 0) is 6.42 Å². The SMILES string of the molecule is CCC(F)(C(N)=O)C(N)=O. The van der Waals surface area contributed by atoms with Crippen molar-refractivity contribution < 1.29 is 14.0 Å². The molecule has 0 aromatic rings. The van der Waals surface area contributed by atoms with E-state index in [1.807, 2.05) is 0 Å². The fourth-order valence-corrected chi connectivity index (χ4v) is 0.470. The Labute approximate surface area is 57.4 Å². The van der Waals surface area contributed by atoms with E-state index in [1.54, 1.807) is 0 Å². The smallest absolute Gasteiger partial charge is 0.264 e. The highest BCUT2D eigenvalue weighted by atomic mass is 19.1. The zero-order valence-electron chi connectivity index (χ0n) is 5.56. The number of amides is 2. The lowest BCUT2D eigenvalue weighted by Crippen LogP contribution is -2.50. The maximum atomic E-state index is 12.8. The lowest BCUT2D eigenvalue weighted by molar-refractivity contribution is -0.142. The van der Waals surface area contributed by atoms with E-state index in [1.165, 1.54) is 6.92 Å². The van der Waals surface area contributed by atoms with Gasteiger partial charge in [0.25, 0.3) is 17.5 Å². The van der Waals surface area contributed by atoms with Crippen LogP contribution in [0.15, 0.2) is 0 Å². The molecule has 0 spiro atoms. The molecule has 5 heteroatoms. The Morgan fingerprint density at radius 3 is 1.70 bits per heavy atom. The topological polar surface area (TPSA) is 86.2 Å². The minimum absolute atomic E-state index is 0.322. The number of halogens is 1. The van der Waals surface area contributed by atoms with E-state index in [-0.39, 0.29) is 6.42 Å². The highest BCUT2D eigenvalue weighted by Gasteiger charge is 2.41. The molecule has 0 heterocycles. The summed E-state index contributed by atoms with van der Waals surface area (Å²) in [7, 11) is 0. The first-order chi connectivity index (χ1) is 4.45. The molecule has 4 nitrogen and oxygen atoms in total. The van der Waals surface area contributed by atoms with Crippen LogP contribution in [0.4, 0.5) is 4.39 Å². The van der Waals surface area contributed by atoms with E-state index in [0.717, 1.165) is 0 Å². The molecule has 0 rings (SSSR count). The quantitative estimate of drug-likeness (QED) is 0.507. The minimum atomic E-state index is -2.68. The second-order valence-electron chi connectivity index (χ2n) is 1.88. The van der Waals surface area contributed by atoms with E-state index >= 15 is 0 Å². The number of nitrogens with two attached hydrogens (primary N) is 2. The highest BCUT2D eigenvalue weighted by molar-refractivity contribution is 6.06. The molecule has 0 saturated carbocycles. The highest BCUT2D eigenvalue weighted by Crippen LogP contribution is 2.13. The molecule has 4 N–H and O–H groups in total. The molecule has 0 radical (unpaired) electrons. The van der Waals surface area contributed by atoms with Gasteiger partial charge in [-0.1, -0.05) is 6.92 Å². The van der Waals surface area contributed by atoms with Crippen LogP contribution in [0.25, 0.3) is 0 Å². The maximum absolute atomic E-state index is 12.8. The Bertz CT molecular complexity index is 155. The molecule has 10 heavy (non-hydrogen) atoms. The number of rotatable bonds is 3. The zero-order chi connectivity index (χ0) is 8.36. The predicted octanol–water partition coefficient (Wildman–Crippen LogP) is -0.925. The number of carbonyl (C=O) groups excluding carboxylic acids is 2. The summed E-state index contributed by atoms with van der Waals surface area (Å²) in [5.74, 6) is -2.66. The fourth-order valence-electron chi connectivity index (χ4n) is 0.470. The van der Waals surface area contributed by atoms with E-state index < -0.39 is 17.5 Å². The summed E-state index contributed by atoms with van der Waals surface area (Å²) in [6.07, 6.45) is -0.322.